The number of hydrogen-bond donors (Lipinski definition) is 0. The lowest BCUT2D eigenvalue weighted by Gasteiger charge is -2.34. The van der Waals surface area contributed by atoms with Crippen LogP contribution in [-0.2, 0) is 4.74 Å². The molecule has 1 aliphatic rings. The fraction of sp³-hybridized carbons (Fsp3) is 0.500. The molecule has 0 aliphatic carbocycles. The summed E-state index contributed by atoms with van der Waals surface area (Å²) in [7, 11) is 1.68. The number of ether oxygens (including phenoxy) is 2. The SMILES string of the molecule is COc1c(-c2ccccc2)ncn1C1CCN(C(=O)OC(C)(C)C)CC1. The maximum atomic E-state index is 12.2. The van der Waals surface area contributed by atoms with Gasteiger partial charge in [0.2, 0.25) is 5.88 Å². The summed E-state index contributed by atoms with van der Waals surface area (Å²) in [6.45, 7) is 7.00. The topological polar surface area (TPSA) is 56.6 Å². The van der Waals surface area contributed by atoms with Gasteiger partial charge in [0, 0.05) is 24.7 Å². The van der Waals surface area contributed by atoms with Crippen molar-refractivity contribution in [2.75, 3.05) is 20.2 Å². The molecular weight excluding hydrogens is 330 g/mol. The van der Waals surface area contributed by atoms with Gasteiger partial charge in [-0.3, -0.25) is 4.57 Å². The van der Waals surface area contributed by atoms with E-state index in [1.54, 1.807) is 12.0 Å². The van der Waals surface area contributed by atoms with E-state index >= 15 is 0 Å². The first-order valence-electron chi connectivity index (χ1n) is 9.03. The van der Waals surface area contributed by atoms with E-state index in [-0.39, 0.29) is 12.1 Å². The van der Waals surface area contributed by atoms with Crippen LogP contribution >= 0.6 is 0 Å². The molecule has 2 aromatic rings. The minimum atomic E-state index is -0.466. The number of likely N-dealkylation sites (tertiary alicyclic amines) is 1. The highest BCUT2D eigenvalue weighted by Crippen LogP contribution is 2.34. The second-order valence-corrected chi connectivity index (χ2v) is 7.57. The van der Waals surface area contributed by atoms with E-state index < -0.39 is 5.60 Å². The smallest absolute Gasteiger partial charge is 0.410 e. The van der Waals surface area contributed by atoms with Gasteiger partial charge in [0.1, 0.15) is 11.3 Å². The summed E-state index contributed by atoms with van der Waals surface area (Å²) in [6.07, 6.45) is 3.30. The van der Waals surface area contributed by atoms with Crippen molar-refractivity contribution in [1.29, 1.82) is 0 Å². The average molecular weight is 357 g/mol. The highest BCUT2D eigenvalue weighted by molar-refractivity contribution is 5.68. The average Bonchev–Trinajstić information content (AvgIpc) is 3.05. The molecule has 1 saturated heterocycles. The van der Waals surface area contributed by atoms with E-state index in [9.17, 15) is 4.79 Å². The number of methoxy groups -OCH3 is 1. The Labute approximate surface area is 154 Å². The second-order valence-electron chi connectivity index (χ2n) is 7.57. The first kappa shape index (κ1) is 18.3. The van der Waals surface area contributed by atoms with Crippen LogP contribution in [0, 0.1) is 0 Å². The number of amides is 1. The maximum absolute atomic E-state index is 12.2. The lowest BCUT2D eigenvalue weighted by atomic mass is 10.1. The summed E-state index contributed by atoms with van der Waals surface area (Å²) in [5, 5.41) is 0. The van der Waals surface area contributed by atoms with Crippen molar-refractivity contribution in [1.82, 2.24) is 14.5 Å². The Morgan fingerprint density at radius 2 is 1.81 bits per heavy atom. The Balaban J connectivity index is 1.70. The molecule has 26 heavy (non-hydrogen) atoms. The Bertz CT molecular complexity index is 741. The minimum absolute atomic E-state index is 0.237. The van der Waals surface area contributed by atoms with E-state index in [0.29, 0.717) is 13.1 Å². The van der Waals surface area contributed by atoms with Crippen LogP contribution in [0.1, 0.15) is 39.7 Å². The van der Waals surface area contributed by atoms with E-state index in [4.69, 9.17) is 9.47 Å². The van der Waals surface area contributed by atoms with E-state index in [1.807, 2.05) is 57.4 Å². The Morgan fingerprint density at radius 3 is 2.38 bits per heavy atom. The van der Waals surface area contributed by atoms with Gasteiger partial charge in [-0.25, -0.2) is 9.78 Å². The zero-order chi connectivity index (χ0) is 18.7. The predicted molar refractivity (Wildman–Crippen MR) is 100 cm³/mol. The number of imidazole rings is 1. The number of hydrogen-bond acceptors (Lipinski definition) is 4. The third-order valence-corrected chi connectivity index (χ3v) is 4.50. The molecule has 1 amide bonds. The molecule has 6 nitrogen and oxygen atoms in total. The summed E-state index contributed by atoms with van der Waals surface area (Å²) in [5.74, 6) is 0.770. The van der Waals surface area contributed by atoms with Gasteiger partial charge in [0.05, 0.1) is 13.4 Å². The quantitative estimate of drug-likeness (QED) is 0.829. The third-order valence-electron chi connectivity index (χ3n) is 4.50. The first-order valence-corrected chi connectivity index (χ1v) is 9.03. The lowest BCUT2D eigenvalue weighted by molar-refractivity contribution is 0.0187. The molecule has 0 unspecified atom stereocenters. The predicted octanol–water partition coefficient (Wildman–Crippen LogP) is 4.13. The molecule has 0 atom stereocenters. The molecule has 6 heteroatoms. The molecule has 2 heterocycles. The van der Waals surface area contributed by atoms with Crippen LogP contribution in [0.25, 0.3) is 11.3 Å². The van der Waals surface area contributed by atoms with Crippen molar-refractivity contribution in [2.24, 2.45) is 0 Å². The number of carbonyl (C=O) groups excluding carboxylic acids is 1. The molecular formula is C20H27N3O3. The van der Waals surface area contributed by atoms with E-state index in [2.05, 4.69) is 9.55 Å². The number of piperidine rings is 1. The minimum Gasteiger partial charge on any atom is -0.481 e. The highest BCUT2D eigenvalue weighted by atomic mass is 16.6. The van der Waals surface area contributed by atoms with Crippen LogP contribution in [0.3, 0.4) is 0 Å². The molecule has 0 N–H and O–H groups in total. The van der Waals surface area contributed by atoms with Crippen LogP contribution in [0.4, 0.5) is 4.79 Å². The van der Waals surface area contributed by atoms with Crippen molar-refractivity contribution in [2.45, 2.75) is 45.3 Å². The zero-order valence-corrected chi connectivity index (χ0v) is 15.9. The van der Waals surface area contributed by atoms with Crippen LogP contribution in [0.5, 0.6) is 5.88 Å². The number of carbonyl (C=O) groups is 1. The summed E-state index contributed by atoms with van der Waals surface area (Å²) < 4.78 is 13.2. The second kappa shape index (κ2) is 7.40. The standard InChI is InChI=1S/C20H27N3O3/c1-20(2,3)26-19(24)22-12-10-16(11-13-22)23-14-21-17(18(23)25-4)15-8-6-5-7-9-15/h5-9,14,16H,10-13H2,1-4H3. The number of aromatic nitrogens is 2. The van der Waals surface area contributed by atoms with Gasteiger partial charge < -0.3 is 14.4 Å². The van der Waals surface area contributed by atoms with Crippen molar-refractivity contribution in [3.8, 4) is 17.1 Å². The largest absolute Gasteiger partial charge is 0.481 e. The summed E-state index contributed by atoms with van der Waals surface area (Å²) >= 11 is 0. The molecule has 0 spiro atoms. The van der Waals surface area contributed by atoms with Crippen LogP contribution in [0.15, 0.2) is 36.7 Å². The number of nitrogens with zero attached hydrogens (tertiary/aromatic N) is 3. The van der Waals surface area contributed by atoms with E-state index in [1.165, 1.54) is 0 Å². The monoisotopic (exact) mass is 357 g/mol. The molecule has 1 aromatic heterocycles. The van der Waals surface area contributed by atoms with Crippen LogP contribution in [-0.4, -0.2) is 46.3 Å². The highest BCUT2D eigenvalue weighted by Gasteiger charge is 2.29. The van der Waals surface area contributed by atoms with Crippen LogP contribution < -0.4 is 4.74 Å². The van der Waals surface area contributed by atoms with Gasteiger partial charge in [0.25, 0.3) is 0 Å². The van der Waals surface area contributed by atoms with Crippen molar-refractivity contribution >= 4 is 6.09 Å². The van der Waals surface area contributed by atoms with Crippen molar-refractivity contribution in [3.05, 3.63) is 36.7 Å². The Morgan fingerprint density at radius 1 is 1.15 bits per heavy atom. The van der Waals surface area contributed by atoms with Gasteiger partial charge >= 0.3 is 6.09 Å². The molecule has 0 radical (unpaired) electrons. The normalized spacial score (nSPS) is 15.8. The summed E-state index contributed by atoms with van der Waals surface area (Å²) in [4.78, 5) is 18.6. The zero-order valence-electron chi connectivity index (χ0n) is 15.9. The summed E-state index contributed by atoms with van der Waals surface area (Å²) in [5.41, 5.74) is 1.42. The van der Waals surface area contributed by atoms with E-state index in [0.717, 1.165) is 30.0 Å². The fourth-order valence-electron chi connectivity index (χ4n) is 3.26. The summed E-state index contributed by atoms with van der Waals surface area (Å²) in [6, 6.07) is 10.3. The van der Waals surface area contributed by atoms with Crippen molar-refractivity contribution < 1.29 is 14.3 Å². The van der Waals surface area contributed by atoms with Gasteiger partial charge in [-0.2, -0.15) is 0 Å². The Kier molecular flexibility index (Phi) is 5.20. The molecule has 140 valence electrons. The molecule has 1 aliphatic heterocycles. The number of benzene rings is 1. The van der Waals surface area contributed by atoms with Crippen LogP contribution in [0.2, 0.25) is 0 Å². The molecule has 1 fully saturated rings. The van der Waals surface area contributed by atoms with Gasteiger partial charge in [-0.05, 0) is 33.6 Å². The molecule has 3 rings (SSSR count). The fourth-order valence-corrected chi connectivity index (χ4v) is 3.26. The molecule has 1 aromatic carbocycles. The lowest BCUT2D eigenvalue weighted by Crippen LogP contribution is -2.42. The third kappa shape index (κ3) is 4.00. The molecule has 0 saturated carbocycles. The Hall–Kier alpha value is -2.50. The maximum Gasteiger partial charge on any atom is 0.410 e. The molecule has 0 bridgehead atoms. The number of rotatable bonds is 3. The van der Waals surface area contributed by atoms with Crippen molar-refractivity contribution in [3.63, 3.8) is 0 Å². The van der Waals surface area contributed by atoms with Gasteiger partial charge in [-0.1, -0.05) is 30.3 Å². The van der Waals surface area contributed by atoms with Gasteiger partial charge in [0.15, 0.2) is 0 Å². The van der Waals surface area contributed by atoms with Gasteiger partial charge in [-0.15, -0.1) is 0 Å². The first-order chi connectivity index (χ1) is 12.4.